The van der Waals surface area contributed by atoms with Gasteiger partial charge in [-0.2, -0.15) is 5.10 Å². The fourth-order valence-corrected chi connectivity index (χ4v) is 5.84. The van der Waals surface area contributed by atoms with Gasteiger partial charge >= 0.3 is 0 Å². The van der Waals surface area contributed by atoms with Crippen molar-refractivity contribution in [2.45, 2.75) is 72.1 Å². The molecule has 2 fully saturated rings. The number of amides is 1. The van der Waals surface area contributed by atoms with Crippen molar-refractivity contribution in [3.05, 3.63) is 52.8 Å². The zero-order valence-electron chi connectivity index (χ0n) is 20.9. The maximum Gasteiger partial charge on any atom is 0.222 e. The molecule has 2 aliphatic heterocycles. The van der Waals surface area contributed by atoms with Gasteiger partial charge in [-0.15, -0.1) is 0 Å². The summed E-state index contributed by atoms with van der Waals surface area (Å²) in [7, 11) is 1.93. The summed E-state index contributed by atoms with van der Waals surface area (Å²) < 4.78 is 2.02. The summed E-state index contributed by atoms with van der Waals surface area (Å²) in [4.78, 5) is 17.3. The number of likely N-dealkylation sites (tertiary alicyclic amines) is 1. The zero-order chi connectivity index (χ0) is 23.4. The highest BCUT2D eigenvalue weighted by Crippen LogP contribution is 2.31. The van der Waals surface area contributed by atoms with E-state index in [4.69, 9.17) is 0 Å². The third kappa shape index (κ3) is 5.85. The largest absolute Gasteiger partial charge is 0.341 e. The van der Waals surface area contributed by atoms with E-state index >= 15 is 0 Å². The van der Waals surface area contributed by atoms with Crippen molar-refractivity contribution in [1.29, 1.82) is 0 Å². The van der Waals surface area contributed by atoms with Crippen molar-refractivity contribution in [1.82, 2.24) is 24.9 Å². The Morgan fingerprint density at radius 2 is 2.00 bits per heavy atom. The predicted octanol–water partition coefficient (Wildman–Crippen LogP) is 3.76. The van der Waals surface area contributed by atoms with E-state index in [2.05, 4.69) is 59.5 Å². The van der Waals surface area contributed by atoms with Crippen LogP contribution < -0.4 is 5.32 Å². The van der Waals surface area contributed by atoms with Gasteiger partial charge in [0.15, 0.2) is 0 Å². The number of nitrogens with one attached hydrogen (secondary N) is 1. The maximum absolute atomic E-state index is 12.8. The van der Waals surface area contributed by atoms with Gasteiger partial charge in [0.25, 0.3) is 0 Å². The van der Waals surface area contributed by atoms with Gasteiger partial charge in [0, 0.05) is 63.5 Å². The van der Waals surface area contributed by atoms with Gasteiger partial charge in [-0.1, -0.05) is 30.3 Å². The fourth-order valence-electron chi connectivity index (χ4n) is 5.84. The van der Waals surface area contributed by atoms with Crippen LogP contribution in [0.3, 0.4) is 0 Å². The fraction of sp³-hybridized carbons (Fsp3) is 0.630. The molecule has 1 aromatic heterocycles. The number of piperidine rings is 2. The van der Waals surface area contributed by atoms with Crippen molar-refractivity contribution >= 4 is 5.91 Å². The molecule has 0 spiro atoms. The number of carbonyl (C=O) groups is 1. The Balaban J connectivity index is 1.24. The van der Waals surface area contributed by atoms with Crippen LogP contribution in [0.15, 0.2) is 30.3 Å². The van der Waals surface area contributed by atoms with Crippen LogP contribution in [-0.4, -0.2) is 58.2 Å². The molecule has 2 unspecified atom stereocenters. The first-order valence-corrected chi connectivity index (χ1v) is 12.7. The number of nitrogens with zero attached hydrogens (tertiary/aromatic N) is 4. The van der Waals surface area contributed by atoms with Crippen LogP contribution in [0.25, 0.3) is 0 Å². The minimum atomic E-state index is 0.237. The lowest BCUT2D eigenvalue weighted by Gasteiger charge is -2.46. The Morgan fingerprint density at radius 1 is 1.21 bits per heavy atom. The number of benzene rings is 1. The first-order valence-electron chi connectivity index (χ1n) is 12.7. The molecule has 2 aromatic rings. The standard InChI is InChI=1S/C27H41N5O/c1-5-32-21(3)25(20(2)29-32)19-30(4)27(33)13-9-12-26-24-14-23(15-28-26)17-31(18-24)16-22-10-7-6-8-11-22/h6-8,10-11,23-24,26,28H,5,9,12-19H2,1-4H3/t23?,24?,26-/m1/s1. The number of aromatic nitrogens is 2. The zero-order valence-corrected chi connectivity index (χ0v) is 20.9. The van der Waals surface area contributed by atoms with Crippen molar-refractivity contribution in [2.75, 3.05) is 26.7 Å². The Morgan fingerprint density at radius 3 is 2.73 bits per heavy atom. The average molecular weight is 452 g/mol. The first kappa shape index (κ1) is 24.0. The van der Waals surface area contributed by atoms with E-state index in [1.807, 2.05) is 23.6 Å². The number of fused-ring (bicyclic) bond motifs is 2. The molecule has 1 N–H and O–H groups in total. The lowest BCUT2D eigenvalue weighted by molar-refractivity contribution is -0.130. The van der Waals surface area contributed by atoms with Crippen LogP contribution in [0.4, 0.5) is 0 Å². The molecule has 4 rings (SSSR count). The molecule has 2 aliphatic rings. The molecule has 2 bridgehead atoms. The second-order valence-corrected chi connectivity index (χ2v) is 10.2. The van der Waals surface area contributed by atoms with E-state index in [-0.39, 0.29) is 5.91 Å². The normalized spacial score (nSPS) is 23.0. The van der Waals surface area contributed by atoms with E-state index < -0.39 is 0 Å². The lowest BCUT2D eigenvalue weighted by Crippen LogP contribution is -2.55. The Labute approximate surface area is 199 Å². The molecule has 2 saturated heterocycles. The van der Waals surface area contributed by atoms with Crippen LogP contribution in [0.1, 0.15) is 55.1 Å². The average Bonchev–Trinajstić information content (AvgIpc) is 3.08. The predicted molar refractivity (Wildman–Crippen MR) is 133 cm³/mol. The Hall–Kier alpha value is -2.18. The highest BCUT2D eigenvalue weighted by molar-refractivity contribution is 5.75. The van der Waals surface area contributed by atoms with Crippen LogP contribution in [0, 0.1) is 25.7 Å². The quantitative estimate of drug-likeness (QED) is 0.631. The van der Waals surface area contributed by atoms with Crippen LogP contribution >= 0.6 is 0 Å². The van der Waals surface area contributed by atoms with Gasteiger partial charge in [-0.25, -0.2) is 0 Å². The Bertz CT molecular complexity index is 924. The summed E-state index contributed by atoms with van der Waals surface area (Å²) in [5.41, 5.74) is 4.80. The topological polar surface area (TPSA) is 53.4 Å². The highest BCUT2D eigenvalue weighted by atomic mass is 16.2. The van der Waals surface area contributed by atoms with Crippen molar-refractivity contribution in [3.63, 3.8) is 0 Å². The molecule has 1 amide bonds. The lowest BCUT2D eigenvalue weighted by atomic mass is 9.79. The maximum atomic E-state index is 12.8. The number of hydrogen-bond acceptors (Lipinski definition) is 4. The van der Waals surface area contributed by atoms with Crippen LogP contribution in [-0.2, 0) is 24.4 Å². The van der Waals surface area contributed by atoms with Gasteiger partial charge in [-0.05, 0) is 64.0 Å². The SMILES string of the molecule is CCn1nc(C)c(CN(C)C(=O)CCC[C@H]2NCC3CC2CN(Cc2ccccc2)C3)c1C. The van der Waals surface area contributed by atoms with Crippen molar-refractivity contribution in [2.24, 2.45) is 11.8 Å². The third-order valence-corrected chi connectivity index (χ3v) is 7.69. The molecule has 0 radical (unpaired) electrons. The van der Waals surface area contributed by atoms with E-state index in [0.717, 1.165) is 50.6 Å². The van der Waals surface area contributed by atoms with E-state index in [9.17, 15) is 4.79 Å². The molecule has 33 heavy (non-hydrogen) atoms. The molecule has 6 nitrogen and oxygen atoms in total. The minimum Gasteiger partial charge on any atom is -0.341 e. The van der Waals surface area contributed by atoms with Gasteiger partial charge in [0.05, 0.1) is 5.69 Å². The second-order valence-electron chi connectivity index (χ2n) is 10.2. The molecule has 0 aliphatic carbocycles. The summed E-state index contributed by atoms with van der Waals surface area (Å²) in [6.45, 7) is 12.3. The van der Waals surface area contributed by atoms with Crippen LogP contribution in [0.2, 0.25) is 0 Å². The molecule has 0 saturated carbocycles. The minimum absolute atomic E-state index is 0.237. The number of hydrogen-bond donors (Lipinski definition) is 1. The molecule has 1 aromatic carbocycles. The van der Waals surface area contributed by atoms with Crippen LogP contribution in [0.5, 0.6) is 0 Å². The summed E-state index contributed by atoms with van der Waals surface area (Å²) in [6, 6.07) is 11.4. The van der Waals surface area contributed by atoms with Gasteiger partial charge in [-0.3, -0.25) is 14.4 Å². The van der Waals surface area contributed by atoms with Crippen molar-refractivity contribution in [3.8, 4) is 0 Å². The van der Waals surface area contributed by atoms with E-state index in [1.54, 1.807) is 0 Å². The summed E-state index contributed by atoms with van der Waals surface area (Å²) in [5, 5.41) is 8.40. The van der Waals surface area contributed by atoms with Gasteiger partial charge in [0.2, 0.25) is 5.91 Å². The third-order valence-electron chi connectivity index (χ3n) is 7.69. The summed E-state index contributed by atoms with van der Waals surface area (Å²) >= 11 is 0. The second kappa shape index (κ2) is 10.8. The summed E-state index contributed by atoms with van der Waals surface area (Å²) in [5.74, 6) is 1.69. The number of carbonyl (C=O) groups excluding carboxylic acids is 1. The molecule has 180 valence electrons. The van der Waals surface area contributed by atoms with Gasteiger partial charge < -0.3 is 10.2 Å². The molecule has 3 heterocycles. The molecule has 6 heteroatoms. The smallest absolute Gasteiger partial charge is 0.222 e. The van der Waals surface area contributed by atoms with Gasteiger partial charge in [0.1, 0.15) is 0 Å². The number of rotatable bonds is 9. The van der Waals surface area contributed by atoms with E-state index in [0.29, 0.717) is 24.9 Å². The van der Waals surface area contributed by atoms with E-state index in [1.165, 1.54) is 29.8 Å². The van der Waals surface area contributed by atoms with Crippen molar-refractivity contribution < 1.29 is 4.79 Å². The Kier molecular flexibility index (Phi) is 7.86. The summed E-state index contributed by atoms with van der Waals surface area (Å²) in [6.07, 6.45) is 3.99. The monoisotopic (exact) mass is 451 g/mol. The number of aryl methyl sites for hydroxylation is 2. The first-order chi connectivity index (χ1) is 15.9. The molecular weight excluding hydrogens is 410 g/mol. The molecular formula is C27H41N5O. The highest BCUT2D eigenvalue weighted by Gasteiger charge is 2.36. The molecule has 3 atom stereocenters.